The summed E-state index contributed by atoms with van der Waals surface area (Å²) in [6.07, 6.45) is 8.04. The molecule has 6 rings (SSSR count). The van der Waals surface area contributed by atoms with Gasteiger partial charge in [0.15, 0.2) is 0 Å². The molecule has 9 heteroatoms. The summed E-state index contributed by atoms with van der Waals surface area (Å²) in [6, 6.07) is 16.1. The Bertz CT molecular complexity index is 1480. The minimum atomic E-state index is -1.37. The third kappa shape index (κ3) is 4.97. The molecule has 6 atom stereocenters. The van der Waals surface area contributed by atoms with Crippen LogP contribution in [0.15, 0.2) is 78.9 Å². The van der Waals surface area contributed by atoms with Gasteiger partial charge < -0.3 is 29.4 Å². The number of ether oxygens (including phenoxy) is 1. The molecule has 4 heterocycles. The van der Waals surface area contributed by atoms with Crippen molar-refractivity contribution in [3.05, 3.63) is 84.5 Å². The average Bonchev–Trinajstić information content (AvgIpc) is 3.32. The van der Waals surface area contributed by atoms with Crippen molar-refractivity contribution >= 4 is 29.1 Å². The summed E-state index contributed by atoms with van der Waals surface area (Å²) in [5.74, 6) is -2.54. The van der Waals surface area contributed by atoms with E-state index in [-0.39, 0.29) is 24.3 Å². The summed E-state index contributed by atoms with van der Waals surface area (Å²) in [7, 11) is 0. The van der Waals surface area contributed by atoms with Crippen LogP contribution in [-0.2, 0) is 25.7 Å². The second kappa shape index (κ2) is 12.1. The Morgan fingerprint density at radius 2 is 1.58 bits per heavy atom. The predicted molar refractivity (Wildman–Crippen MR) is 173 cm³/mol. The molecular weight excluding hydrogens is 568 g/mol. The lowest BCUT2D eigenvalue weighted by Crippen LogP contribution is -2.58. The van der Waals surface area contributed by atoms with Gasteiger partial charge in [-0.2, -0.15) is 0 Å². The van der Waals surface area contributed by atoms with Crippen LogP contribution in [0, 0.1) is 11.8 Å². The Kier molecular flexibility index (Phi) is 8.35. The molecule has 2 aromatic carbocycles. The van der Waals surface area contributed by atoms with Gasteiger partial charge in [0.05, 0.1) is 30.1 Å². The van der Waals surface area contributed by atoms with Crippen molar-refractivity contribution in [2.24, 2.45) is 11.8 Å². The van der Waals surface area contributed by atoms with Crippen molar-refractivity contribution in [2.45, 2.75) is 63.9 Å². The van der Waals surface area contributed by atoms with Crippen LogP contribution in [0.25, 0.3) is 0 Å². The number of benzene rings is 2. The van der Waals surface area contributed by atoms with Gasteiger partial charge in [-0.15, -0.1) is 0 Å². The minimum Gasteiger partial charge on any atom is -0.394 e. The van der Waals surface area contributed by atoms with Gasteiger partial charge in [-0.25, -0.2) is 0 Å². The number of nitrogens with zero attached hydrogens (tertiary/aromatic N) is 4. The molecule has 2 aromatic rings. The normalized spacial score (nSPS) is 29.8. The van der Waals surface area contributed by atoms with Crippen LogP contribution in [0.1, 0.15) is 39.7 Å². The lowest BCUT2D eigenvalue weighted by atomic mass is 9.74. The quantitative estimate of drug-likeness (QED) is 0.434. The maximum atomic E-state index is 14.8. The number of rotatable bonds is 9. The van der Waals surface area contributed by atoms with Crippen molar-refractivity contribution in [1.82, 2.24) is 9.80 Å². The zero-order valence-corrected chi connectivity index (χ0v) is 26.6. The van der Waals surface area contributed by atoms with E-state index in [0.717, 1.165) is 24.3 Å². The molecule has 9 nitrogen and oxygen atoms in total. The van der Waals surface area contributed by atoms with Crippen molar-refractivity contribution in [3.8, 4) is 0 Å². The van der Waals surface area contributed by atoms with Gasteiger partial charge in [-0.05, 0) is 57.0 Å². The first kappa shape index (κ1) is 31.0. The Morgan fingerprint density at radius 1 is 0.889 bits per heavy atom. The monoisotopic (exact) mass is 612 g/mol. The lowest BCUT2D eigenvalue weighted by molar-refractivity contribution is -0.151. The molecule has 0 bridgehead atoms. The van der Waals surface area contributed by atoms with Crippen molar-refractivity contribution in [3.63, 3.8) is 0 Å². The van der Waals surface area contributed by atoms with E-state index in [1.807, 2.05) is 92.7 Å². The minimum absolute atomic E-state index is 0.173. The molecule has 4 aliphatic rings. The van der Waals surface area contributed by atoms with E-state index in [4.69, 9.17) is 4.74 Å². The van der Waals surface area contributed by atoms with E-state index in [2.05, 4.69) is 18.7 Å². The molecule has 238 valence electrons. The Hall–Kier alpha value is -3.95. The highest BCUT2D eigenvalue weighted by molar-refractivity contribution is 6.06. The Labute approximate surface area is 265 Å². The second-order valence-electron chi connectivity index (χ2n) is 12.6. The Balaban J connectivity index is 1.41. The van der Waals surface area contributed by atoms with Gasteiger partial charge in [0.25, 0.3) is 5.91 Å². The number of carbonyl (C=O) groups excluding carboxylic acids is 3. The first-order chi connectivity index (χ1) is 21.7. The summed E-state index contributed by atoms with van der Waals surface area (Å²) in [4.78, 5) is 51.1. The number of aliphatic hydroxyl groups excluding tert-OH is 1. The zero-order valence-electron chi connectivity index (χ0n) is 26.6. The van der Waals surface area contributed by atoms with E-state index < -0.39 is 35.1 Å². The summed E-state index contributed by atoms with van der Waals surface area (Å²) in [6.45, 7) is 10.5. The maximum Gasteiger partial charge on any atom is 0.253 e. The zero-order chi connectivity index (χ0) is 31.9. The van der Waals surface area contributed by atoms with Crippen LogP contribution in [0.5, 0.6) is 0 Å². The third-order valence-corrected chi connectivity index (χ3v) is 10.2. The van der Waals surface area contributed by atoms with Crippen LogP contribution < -0.4 is 9.80 Å². The molecule has 0 saturated carbocycles. The molecule has 0 aliphatic carbocycles. The van der Waals surface area contributed by atoms with E-state index in [1.54, 1.807) is 9.80 Å². The number of fused-ring (bicyclic) bond motifs is 2. The van der Waals surface area contributed by atoms with E-state index in [0.29, 0.717) is 31.7 Å². The fraction of sp³-hybridized carbons (Fsp3) is 0.472. The topological polar surface area (TPSA) is 93.6 Å². The molecule has 2 fully saturated rings. The first-order valence-corrected chi connectivity index (χ1v) is 16.2. The Morgan fingerprint density at radius 3 is 2.22 bits per heavy atom. The number of carbonyl (C=O) groups is 3. The van der Waals surface area contributed by atoms with Crippen LogP contribution in [0.2, 0.25) is 0 Å². The third-order valence-electron chi connectivity index (χ3n) is 10.2. The first-order valence-electron chi connectivity index (χ1n) is 16.2. The number of likely N-dealkylation sites (tertiary alicyclic amines) is 1. The lowest BCUT2D eigenvalue weighted by Gasteiger charge is -2.40. The average molecular weight is 613 g/mol. The molecule has 1 spiro atoms. The maximum absolute atomic E-state index is 14.8. The number of anilines is 2. The highest BCUT2D eigenvalue weighted by Crippen LogP contribution is 2.58. The van der Waals surface area contributed by atoms with Gasteiger partial charge in [0.1, 0.15) is 11.6 Å². The molecule has 1 N–H and O–H groups in total. The smallest absolute Gasteiger partial charge is 0.253 e. The number of amides is 3. The van der Waals surface area contributed by atoms with Gasteiger partial charge in [0.2, 0.25) is 11.8 Å². The highest BCUT2D eigenvalue weighted by atomic mass is 16.5. The fourth-order valence-electron chi connectivity index (χ4n) is 7.93. The second-order valence-corrected chi connectivity index (χ2v) is 12.6. The van der Waals surface area contributed by atoms with Crippen molar-refractivity contribution in [1.29, 1.82) is 0 Å². The molecule has 0 radical (unpaired) electrons. The number of hydrogen-bond donors (Lipinski definition) is 1. The van der Waals surface area contributed by atoms with E-state index in [9.17, 15) is 19.5 Å². The molecule has 2 saturated heterocycles. The molecule has 4 aliphatic heterocycles. The molecular formula is C36H44N4O5. The van der Waals surface area contributed by atoms with Crippen LogP contribution >= 0.6 is 0 Å². The summed E-state index contributed by atoms with van der Waals surface area (Å²) in [5.41, 5.74) is 0.307. The van der Waals surface area contributed by atoms with E-state index >= 15 is 0 Å². The van der Waals surface area contributed by atoms with Gasteiger partial charge in [-0.3, -0.25) is 14.4 Å². The highest BCUT2D eigenvalue weighted by Gasteiger charge is 2.75. The number of hydrogen-bond acceptors (Lipinski definition) is 6. The van der Waals surface area contributed by atoms with Crippen molar-refractivity contribution in [2.75, 3.05) is 42.6 Å². The molecule has 3 amide bonds. The van der Waals surface area contributed by atoms with Crippen LogP contribution in [0.4, 0.5) is 11.4 Å². The summed E-state index contributed by atoms with van der Waals surface area (Å²) >= 11 is 0. The van der Waals surface area contributed by atoms with Crippen LogP contribution in [-0.4, -0.2) is 88.7 Å². The molecule has 45 heavy (non-hydrogen) atoms. The standard InChI is InChI=1S/C36H44N4O5/c1-5-26(24-41)40-31-34(44)39(28-17-15-27(16-18-28)37(6-2)7-3)22-12-20-36(31)30(33(40)43)29-32(42)38(21-11-19-35(29,4)45-36)23-25-13-9-8-10-14-25/h8-20,26,29-31,41H,5-7,21-24H2,1-4H3/t26-,29-,30-,31?,35+,36-/m0/s1. The summed E-state index contributed by atoms with van der Waals surface area (Å²) in [5, 5.41) is 10.4. The van der Waals surface area contributed by atoms with Gasteiger partial charge in [0, 0.05) is 44.1 Å². The fourth-order valence-corrected chi connectivity index (χ4v) is 7.93. The number of aliphatic hydroxyl groups is 1. The predicted octanol–water partition coefficient (Wildman–Crippen LogP) is 3.78. The summed E-state index contributed by atoms with van der Waals surface area (Å²) < 4.78 is 6.95. The van der Waals surface area contributed by atoms with Crippen LogP contribution in [0.3, 0.4) is 0 Å². The van der Waals surface area contributed by atoms with Gasteiger partial charge >= 0.3 is 0 Å². The van der Waals surface area contributed by atoms with Gasteiger partial charge in [-0.1, -0.05) is 61.6 Å². The largest absolute Gasteiger partial charge is 0.394 e. The van der Waals surface area contributed by atoms with E-state index in [1.165, 1.54) is 4.90 Å². The SMILES string of the molecule is CC[C@@H](CO)N1C(=O)[C@@H]2[C@H]3C(=O)N(Cc4ccccc4)CC=C[C@@]3(C)O[C@@]23C=CCN(c2ccc(N(CC)CC)cc2)C(=O)C13. The molecule has 0 aromatic heterocycles. The van der Waals surface area contributed by atoms with Crippen molar-refractivity contribution < 1.29 is 24.2 Å². The molecule has 1 unspecified atom stereocenters.